The Morgan fingerprint density at radius 2 is 1.94 bits per heavy atom. The molecule has 1 heterocycles. The first-order chi connectivity index (χ1) is 16.1. The highest BCUT2D eigenvalue weighted by atomic mass is 16.5. The van der Waals surface area contributed by atoms with Crippen molar-refractivity contribution in [3.8, 4) is 11.5 Å². The number of carbonyl (C=O) groups excluding carboxylic acids is 2. The van der Waals surface area contributed by atoms with Gasteiger partial charge < -0.3 is 25.8 Å². The molecule has 9 nitrogen and oxygen atoms in total. The number of allylic oxidation sites excluding steroid dienone is 1. The molecule has 0 aromatic heterocycles. The molecule has 1 aromatic rings. The average molecular weight is 470 g/mol. The van der Waals surface area contributed by atoms with E-state index in [2.05, 4.69) is 41.6 Å². The molecule has 2 aliphatic rings. The van der Waals surface area contributed by atoms with E-state index in [1.165, 1.54) is 0 Å². The van der Waals surface area contributed by atoms with Gasteiger partial charge in [-0.15, -0.1) is 0 Å². The van der Waals surface area contributed by atoms with E-state index in [1.807, 2.05) is 13.0 Å². The van der Waals surface area contributed by atoms with Gasteiger partial charge in [0.15, 0.2) is 5.96 Å². The van der Waals surface area contributed by atoms with Gasteiger partial charge in [-0.05, 0) is 37.2 Å². The highest BCUT2D eigenvalue weighted by Crippen LogP contribution is 2.30. The van der Waals surface area contributed by atoms with E-state index in [0.29, 0.717) is 48.6 Å². The van der Waals surface area contributed by atoms with Crippen LogP contribution in [0.4, 0.5) is 10.5 Å². The van der Waals surface area contributed by atoms with Crippen molar-refractivity contribution in [2.75, 3.05) is 32.6 Å². The summed E-state index contributed by atoms with van der Waals surface area (Å²) in [5.74, 6) is 1.93. The van der Waals surface area contributed by atoms with Gasteiger partial charge in [-0.25, -0.2) is 9.79 Å². The van der Waals surface area contributed by atoms with Gasteiger partial charge in [-0.1, -0.05) is 32.1 Å². The fraction of sp³-hybridized carbons (Fsp3) is 0.480. The van der Waals surface area contributed by atoms with Crippen LogP contribution in [0.5, 0.6) is 11.5 Å². The van der Waals surface area contributed by atoms with Gasteiger partial charge in [-0.3, -0.25) is 9.69 Å². The lowest BCUT2D eigenvalue weighted by molar-refractivity contribution is -0.131. The second kappa shape index (κ2) is 10.6. The number of nitrogens with one attached hydrogen (secondary N) is 2. The monoisotopic (exact) mass is 469 g/mol. The molecule has 1 aliphatic carbocycles. The standard InChI is InChI=1S/C25H35N5O4/c1-16(2)13-25(3)22(31)30(23(26)29-25)15-18-8-6-17(7-9-18)14-27-24(32)28-19-10-20(33-4)12-21(11-19)34-5/h6-8,10-12,16,18H,9,13-15H2,1-5H3,(H2,26,29)(H2,27,28,32). The number of amides is 3. The van der Waals surface area contributed by atoms with Crippen LogP contribution in [0.15, 0.2) is 47.0 Å². The Balaban J connectivity index is 1.49. The van der Waals surface area contributed by atoms with Gasteiger partial charge in [-0.2, -0.15) is 0 Å². The fourth-order valence-electron chi connectivity index (χ4n) is 4.31. The number of methoxy groups -OCH3 is 2. The molecule has 4 N–H and O–H groups in total. The summed E-state index contributed by atoms with van der Waals surface area (Å²) in [6.45, 7) is 6.88. The van der Waals surface area contributed by atoms with Gasteiger partial charge in [0.1, 0.15) is 17.0 Å². The molecule has 3 rings (SSSR count). The Morgan fingerprint density at radius 3 is 2.50 bits per heavy atom. The molecule has 0 fully saturated rings. The number of guanidine groups is 1. The fourth-order valence-corrected chi connectivity index (χ4v) is 4.31. The number of nitrogens with zero attached hydrogens (tertiary/aromatic N) is 2. The number of rotatable bonds is 9. The summed E-state index contributed by atoms with van der Waals surface area (Å²) in [5.41, 5.74) is 6.88. The van der Waals surface area contributed by atoms with Crippen molar-refractivity contribution in [3.05, 3.63) is 42.0 Å². The molecule has 3 amide bonds. The zero-order valence-electron chi connectivity index (χ0n) is 20.6. The van der Waals surface area contributed by atoms with E-state index in [0.717, 1.165) is 12.0 Å². The van der Waals surface area contributed by atoms with E-state index in [-0.39, 0.29) is 17.9 Å². The maximum Gasteiger partial charge on any atom is 0.319 e. The number of urea groups is 1. The summed E-state index contributed by atoms with van der Waals surface area (Å²) in [4.78, 5) is 31.3. The van der Waals surface area contributed by atoms with Crippen molar-refractivity contribution in [1.29, 1.82) is 0 Å². The average Bonchev–Trinajstić information content (AvgIpc) is 3.00. The van der Waals surface area contributed by atoms with Crippen LogP contribution < -0.4 is 25.8 Å². The number of benzene rings is 1. The minimum Gasteiger partial charge on any atom is -0.497 e. The number of ether oxygens (including phenoxy) is 2. The van der Waals surface area contributed by atoms with Gasteiger partial charge in [0.25, 0.3) is 5.91 Å². The lowest BCUT2D eigenvalue weighted by Gasteiger charge is -2.26. The smallest absolute Gasteiger partial charge is 0.319 e. The first-order valence-corrected chi connectivity index (χ1v) is 11.5. The van der Waals surface area contributed by atoms with Crippen LogP contribution >= 0.6 is 0 Å². The van der Waals surface area contributed by atoms with Crippen LogP contribution in [0, 0.1) is 11.8 Å². The van der Waals surface area contributed by atoms with Crippen molar-refractivity contribution in [2.45, 2.75) is 39.2 Å². The summed E-state index contributed by atoms with van der Waals surface area (Å²) < 4.78 is 10.4. The Bertz CT molecular complexity index is 994. The number of hydrogen-bond donors (Lipinski definition) is 3. The predicted octanol–water partition coefficient (Wildman–Crippen LogP) is 3.29. The highest BCUT2D eigenvalue weighted by Gasteiger charge is 2.44. The van der Waals surface area contributed by atoms with Crippen LogP contribution in [0.3, 0.4) is 0 Å². The predicted molar refractivity (Wildman–Crippen MR) is 133 cm³/mol. The maximum atomic E-state index is 12.9. The molecule has 184 valence electrons. The van der Waals surface area contributed by atoms with Crippen LogP contribution in [0.2, 0.25) is 0 Å². The molecule has 2 atom stereocenters. The lowest BCUT2D eigenvalue weighted by Crippen LogP contribution is -2.45. The molecule has 9 heteroatoms. The molecule has 34 heavy (non-hydrogen) atoms. The summed E-state index contributed by atoms with van der Waals surface area (Å²) in [7, 11) is 3.11. The zero-order valence-corrected chi connectivity index (χ0v) is 20.6. The SMILES string of the molecule is COc1cc(NC(=O)NCC2=CCC(CN3C(=O)C(C)(CC(C)C)N=C3N)C=C2)cc(OC)c1. The topological polar surface area (TPSA) is 118 Å². The molecule has 0 radical (unpaired) electrons. The summed E-state index contributed by atoms with van der Waals surface area (Å²) in [5, 5.41) is 5.64. The molecule has 0 bridgehead atoms. The van der Waals surface area contributed by atoms with E-state index < -0.39 is 5.54 Å². The molecule has 0 saturated heterocycles. The Hall–Kier alpha value is -3.49. The van der Waals surface area contributed by atoms with Crippen LogP contribution in [-0.2, 0) is 4.79 Å². The third-order valence-corrected chi connectivity index (χ3v) is 5.89. The van der Waals surface area contributed by atoms with E-state index >= 15 is 0 Å². The Morgan fingerprint density at radius 1 is 1.26 bits per heavy atom. The number of carbonyl (C=O) groups is 2. The van der Waals surface area contributed by atoms with Crippen molar-refractivity contribution in [2.24, 2.45) is 22.6 Å². The first-order valence-electron chi connectivity index (χ1n) is 11.5. The molecule has 1 aliphatic heterocycles. The number of nitrogens with two attached hydrogens (primary N) is 1. The van der Waals surface area contributed by atoms with Gasteiger partial charge in [0.05, 0.1) is 14.2 Å². The molecular weight excluding hydrogens is 434 g/mol. The number of hydrogen-bond acceptors (Lipinski definition) is 6. The minimum absolute atomic E-state index is 0.0330. The van der Waals surface area contributed by atoms with E-state index in [9.17, 15) is 9.59 Å². The summed E-state index contributed by atoms with van der Waals surface area (Å²) in [6.07, 6.45) is 7.52. The van der Waals surface area contributed by atoms with Gasteiger partial charge >= 0.3 is 6.03 Å². The van der Waals surface area contributed by atoms with Gasteiger partial charge in [0.2, 0.25) is 0 Å². The lowest BCUT2D eigenvalue weighted by atomic mass is 9.90. The van der Waals surface area contributed by atoms with E-state index in [1.54, 1.807) is 37.3 Å². The number of anilines is 1. The van der Waals surface area contributed by atoms with Crippen molar-refractivity contribution in [1.82, 2.24) is 10.2 Å². The summed E-state index contributed by atoms with van der Waals surface area (Å²) >= 11 is 0. The second-order valence-corrected chi connectivity index (χ2v) is 9.30. The quantitative estimate of drug-likeness (QED) is 0.513. The highest BCUT2D eigenvalue weighted by molar-refractivity contribution is 6.06. The third kappa shape index (κ3) is 6.09. The third-order valence-electron chi connectivity index (χ3n) is 5.89. The number of aliphatic imine (C=N–C) groups is 1. The molecule has 0 spiro atoms. The van der Waals surface area contributed by atoms with Crippen LogP contribution in [-0.4, -0.2) is 55.6 Å². The molecule has 1 aromatic carbocycles. The Kier molecular flexibility index (Phi) is 7.86. The van der Waals surface area contributed by atoms with Crippen molar-refractivity contribution >= 4 is 23.6 Å². The molecular formula is C25H35N5O4. The molecule has 0 saturated carbocycles. The van der Waals surface area contributed by atoms with Crippen molar-refractivity contribution < 1.29 is 19.1 Å². The minimum atomic E-state index is -0.776. The van der Waals surface area contributed by atoms with Gasteiger partial charge in [0, 0.05) is 37.0 Å². The normalized spacial score (nSPS) is 21.9. The maximum absolute atomic E-state index is 12.9. The largest absolute Gasteiger partial charge is 0.497 e. The Labute approximate surface area is 201 Å². The first kappa shape index (κ1) is 25.1. The van der Waals surface area contributed by atoms with Crippen LogP contribution in [0.1, 0.15) is 33.6 Å². The molecule has 2 unspecified atom stereocenters. The van der Waals surface area contributed by atoms with Crippen LogP contribution in [0.25, 0.3) is 0 Å². The second-order valence-electron chi connectivity index (χ2n) is 9.30. The van der Waals surface area contributed by atoms with Crippen molar-refractivity contribution in [3.63, 3.8) is 0 Å². The van der Waals surface area contributed by atoms with E-state index in [4.69, 9.17) is 15.2 Å². The zero-order chi connectivity index (χ0) is 24.9. The summed E-state index contributed by atoms with van der Waals surface area (Å²) in [6, 6.07) is 4.83.